The summed E-state index contributed by atoms with van der Waals surface area (Å²) >= 11 is 0. The van der Waals surface area contributed by atoms with Crippen LogP contribution in [0.15, 0.2) is 31.0 Å². The van der Waals surface area contributed by atoms with Gasteiger partial charge in [-0.1, -0.05) is 0 Å². The number of hydrogen-bond acceptors (Lipinski definition) is 7. The first-order chi connectivity index (χ1) is 13.6. The second-order valence-corrected chi connectivity index (χ2v) is 6.95. The minimum absolute atomic E-state index is 0.0140. The number of hydrogen-bond donors (Lipinski definition) is 1. The highest BCUT2D eigenvalue weighted by Gasteiger charge is 2.24. The van der Waals surface area contributed by atoms with E-state index in [2.05, 4.69) is 35.3 Å². The number of rotatable bonds is 4. The van der Waals surface area contributed by atoms with E-state index in [4.69, 9.17) is 0 Å². The van der Waals surface area contributed by atoms with Crippen molar-refractivity contribution in [3.05, 3.63) is 42.4 Å². The summed E-state index contributed by atoms with van der Waals surface area (Å²) in [6.07, 6.45) is 7.19. The standard InChI is InChI=1S/C18H23N9O/c1-13(9-15-11-19-3-4-20-15)24-18(28)26-7-5-25(6-8-26)16-10-14(2)23-17-21-12-22-27(16)17/h3-4,10-13H,5-9H2,1-2H3,(H,24,28)/t13-/m1/s1. The predicted octanol–water partition coefficient (Wildman–Crippen LogP) is 0.686. The molecule has 1 aliphatic rings. The van der Waals surface area contributed by atoms with Gasteiger partial charge in [0.15, 0.2) is 0 Å². The van der Waals surface area contributed by atoms with Crippen LogP contribution < -0.4 is 10.2 Å². The van der Waals surface area contributed by atoms with E-state index in [1.54, 1.807) is 23.1 Å². The van der Waals surface area contributed by atoms with Crippen LogP contribution in [0.3, 0.4) is 0 Å². The van der Waals surface area contributed by atoms with Crippen LogP contribution in [0.4, 0.5) is 10.6 Å². The molecule has 0 radical (unpaired) electrons. The van der Waals surface area contributed by atoms with E-state index in [1.807, 2.05) is 24.8 Å². The molecular formula is C18H23N9O. The summed E-state index contributed by atoms with van der Waals surface area (Å²) < 4.78 is 1.74. The number of carbonyl (C=O) groups is 1. The Morgan fingerprint density at radius 2 is 2.04 bits per heavy atom. The summed E-state index contributed by atoms with van der Waals surface area (Å²) in [6, 6.07) is 1.94. The zero-order chi connectivity index (χ0) is 19.5. The molecule has 146 valence electrons. The van der Waals surface area contributed by atoms with Gasteiger partial charge in [0.25, 0.3) is 5.78 Å². The van der Waals surface area contributed by atoms with Gasteiger partial charge in [-0.3, -0.25) is 9.97 Å². The van der Waals surface area contributed by atoms with Crippen molar-refractivity contribution < 1.29 is 4.79 Å². The molecular weight excluding hydrogens is 358 g/mol. The number of fused-ring (bicyclic) bond motifs is 1. The third kappa shape index (κ3) is 3.85. The van der Waals surface area contributed by atoms with Crippen LogP contribution in [-0.4, -0.2) is 72.7 Å². The number of aromatic nitrogens is 6. The average molecular weight is 381 g/mol. The Morgan fingerprint density at radius 3 is 2.79 bits per heavy atom. The van der Waals surface area contributed by atoms with Crippen molar-refractivity contribution in [2.45, 2.75) is 26.3 Å². The molecule has 3 aromatic heterocycles. The van der Waals surface area contributed by atoms with Crippen LogP contribution in [0.5, 0.6) is 0 Å². The molecule has 3 aromatic rings. The zero-order valence-electron chi connectivity index (χ0n) is 16.0. The van der Waals surface area contributed by atoms with E-state index in [0.717, 1.165) is 30.3 Å². The largest absolute Gasteiger partial charge is 0.353 e. The predicted molar refractivity (Wildman–Crippen MR) is 103 cm³/mol. The van der Waals surface area contributed by atoms with Crippen LogP contribution in [0.2, 0.25) is 0 Å². The van der Waals surface area contributed by atoms with Crippen LogP contribution in [0.1, 0.15) is 18.3 Å². The first kappa shape index (κ1) is 18.1. The highest BCUT2D eigenvalue weighted by molar-refractivity contribution is 5.75. The number of nitrogens with zero attached hydrogens (tertiary/aromatic N) is 8. The smallest absolute Gasteiger partial charge is 0.317 e. The van der Waals surface area contributed by atoms with Gasteiger partial charge in [0.1, 0.15) is 12.1 Å². The molecule has 0 saturated carbocycles. The molecule has 0 unspecified atom stereocenters. The van der Waals surface area contributed by atoms with Gasteiger partial charge < -0.3 is 15.1 Å². The minimum atomic E-state index is -0.0483. The van der Waals surface area contributed by atoms with Crippen LogP contribution in [0.25, 0.3) is 5.78 Å². The number of aryl methyl sites for hydroxylation is 1. The summed E-state index contributed by atoms with van der Waals surface area (Å²) in [5, 5.41) is 7.32. The van der Waals surface area contributed by atoms with Crippen LogP contribution in [-0.2, 0) is 6.42 Å². The highest BCUT2D eigenvalue weighted by atomic mass is 16.2. The fourth-order valence-corrected chi connectivity index (χ4v) is 3.38. The molecule has 1 saturated heterocycles. The van der Waals surface area contributed by atoms with Gasteiger partial charge in [-0.25, -0.2) is 9.78 Å². The maximum absolute atomic E-state index is 12.6. The lowest BCUT2D eigenvalue weighted by Gasteiger charge is -2.36. The van der Waals surface area contributed by atoms with E-state index in [0.29, 0.717) is 25.3 Å². The Bertz CT molecular complexity index is 950. The molecule has 4 rings (SSSR count). The van der Waals surface area contributed by atoms with Gasteiger partial charge in [-0.15, -0.1) is 0 Å². The number of carbonyl (C=O) groups excluding carboxylic acids is 1. The van der Waals surface area contributed by atoms with Crippen molar-refractivity contribution in [3.8, 4) is 0 Å². The number of nitrogens with one attached hydrogen (secondary N) is 1. The maximum atomic E-state index is 12.6. The van der Waals surface area contributed by atoms with E-state index in [9.17, 15) is 4.79 Å². The molecule has 2 amide bonds. The van der Waals surface area contributed by atoms with Gasteiger partial charge in [-0.05, 0) is 13.8 Å². The molecule has 1 atom stereocenters. The summed E-state index contributed by atoms with van der Waals surface area (Å²) in [4.78, 5) is 33.5. The van der Waals surface area contributed by atoms with Gasteiger partial charge in [0.2, 0.25) is 0 Å². The Morgan fingerprint density at radius 1 is 1.21 bits per heavy atom. The molecule has 1 fully saturated rings. The summed E-state index contributed by atoms with van der Waals surface area (Å²) in [7, 11) is 0. The minimum Gasteiger partial charge on any atom is -0.353 e. The molecule has 28 heavy (non-hydrogen) atoms. The molecule has 4 heterocycles. The molecule has 0 aromatic carbocycles. The van der Waals surface area contributed by atoms with Gasteiger partial charge in [0, 0.05) is 69.0 Å². The number of amides is 2. The quantitative estimate of drug-likeness (QED) is 0.709. The fraction of sp³-hybridized carbons (Fsp3) is 0.444. The molecule has 0 aliphatic carbocycles. The van der Waals surface area contributed by atoms with E-state index in [1.165, 1.54) is 6.33 Å². The average Bonchev–Trinajstić information content (AvgIpc) is 3.16. The molecule has 10 heteroatoms. The number of piperazine rings is 1. The highest BCUT2D eigenvalue weighted by Crippen LogP contribution is 2.18. The lowest BCUT2D eigenvalue weighted by Crippen LogP contribution is -2.53. The molecule has 0 bridgehead atoms. The van der Waals surface area contributed by atoms with E-state index < -0.39 is 0 Å². The normalized spacial score (nSPS) is 15.6. The Kier molecular flexibility index (Phi) is 5.00. The third-order valence-corrected chi connectivity index (χ3v) is 4.75. The van der Waals surface area contributed by atoms with Gasteiger partial charge >= 0.3 is 6.03 Å². The Balaban J connectivity index is 1.34. The second kappa shape index (κ2) is 7.75. The summed E-state index contributed by atoms with van der Waals surface area (Å²) in [6.45, 7) is 6.65. The lowest BCUT2D eigenvalue weighted by molar-refractivity contribution is 0.190. The van der Waals surface area contributed by atoms with E-state index >= 15 is 0 Å². The third-order valence-electron chi connectivity index (χ3n) is 4.75. The lowest BCUT2D eigenvalue weighted by atomic mass is 10.2. The van der Waals surface area contributed by atoms with Crippen molar-refractivity contribution in [2.75, 3.05) is 31.1 Å². The number of anilines is 1. The van der Waals surface area contributed by atoms with Gasteiger partial charge in [0.05, 0.1) is 5.69 Å². The molecule has 1 N–H and O–H groups in total. The van der Waals surface area contributed by atoms with Crippen molar-refractivity contribution in [2.24, 2.45) is 0 Å². The zero-order valence-corrected chi connectivity index (χ0v) is 16.0. The summed E-state index contributed by atoms with van der Waals surface area (Å²) in [5.41, 5.74) is 1.76. The molecule has 1 aliphatic heterocycles. The summed E-state index contributed by atoms with van der Waals surface area (Å²) in [5.74, 6) is 1.55. The van der Waals surface area contributed by atoms with Crippen molar-refractivity contribution >= 4 is 17.6 Å². The maximum Gasteiger partial charge on any atom is 0.317 e. The number of urea groups is 1. The molecule has 0 spiro atoms. The van der Waals surface area contributed by atoms with E-state index in [-0.39, 0.29) is 12.1 Å². The van der Waals surface area contributed by atoms with Crippen molar-refractivity contribution in [1.82, 2.24) is 39.8 Å². The van der Waals surface area contributed by atoms with Crippen LogP contribution >= 0.6 is 0 Å². The van der Waals surface area contributed by atoms with Crippen molar-refractivity contribution in [3.63, 3.8) is 0 Å². The Labute approximate surface area is 162 Å². The van der Waals surface area contributed by atoms with Crippen LogP contribution in [0, 0.1) is 6.92 Å². The molecule has 10 nitrogen and oxygen atoms in total. The second-order valence-electron chi connectivity index (χ2n) is 6.95. The fourth-order valence-electron chi connectivity index (χ4n) is 3.38. The first-order valence-electron chi connectivity index (χ1n) is 9.33. The topological polar surface area (TPSA) is 104 Å². The monoisotopic (exact) mass is 381 g/mol. The Hall–Kier alpha value is -3.30. The van der Waals surface area contributed by atoms with Gasteiger partial charge in [-0.2, -0.15) is 14.6 Å². The van der Waals surface area contributed by atoms with Crippen molar-refractivity contribution in [1.29, 1.82) is 0 Å². The SMILES string of the molecule is Cc1cc(N2CCN(C(=O)N[C@H](C)Cc3cnccn3)CC2)n2ncnc2n1. The first-order valence-corrected chi connectivity index (χ1v) is 9.33.